The Morgan fingerprint density at radius 3 is 2.52 bits per heavy atom. The van der Waals surface area contributed by atoms with Crippen molar-refractivity contribution in [1.29, 1.82) is 0 Å². The number of aliphatic hydroxyl groups is 1. The summed E-state index contributed by atoms with van der Waals surface area (Å²) < 4.78 is 13.1. The molecule has 0 amide bonds. The minimum Gasteiger partial charge on any atom is -0.393 e. The molecule has 33 heavy (non-hydrogen) atoms. The Bertz CT molecular complexity index is 992. The third-order valence-corrected chi connectivity index (χ3v) is 12.2. The summed E-state index contributed by atoms with van der Waals surface area (Å²) in [5.41, 5.74) is 3.77. The third-order valence-electron chi connectivity index (χ3n) is 10.6. The molecule has 0 aromatic heterocycles. The summed E-state index contributed by atoms with van der Waals surface area (Å²) in [6.07, 6.45) is 11.7. The fourth-order valence-electron chi connectivity index (χ4n) is 8.68. The van der Waals surface area contributed by atoms with Crippen LogP contribution in [0.1, 0.15) is 73.1 Å². The Kier molecular flexibility index (Phi) is 5.85. The van der Waals surface area contributed by atoms with Gasteiger partial charge >= 0.3 is 0 Å². The van der Waals surface area contributed by atoms with Crippen LogP contribution >= 0.6 is 0 Å². The van der Waals surface area contributed by atoms with Gasteiger partial charge in [0.25, 0.3) is 0 Å². The summed E-state index contributed by atoms with van der Waals surface area (Å²) in [7, 11) is -0.926. The van der Waals surface area contributed by atoms with Crippen LogP contribution in [-0.4, -0.2) is 21.2 Å². The number of hydrogen-bond donors (Lipinski definition) is 1. The highest BCUT2D eigenvalue weighted by Crippen LogP contribution is 2.66. The Morgan fingerprint density at radius 1 is 1.06 bits per heavy atom. The highest BCUT2D eigenvalue weighted by molar-refractivity contribution is 7.85. The summed E-state index contributed by atoms with van der Waals surface area (Å²) in [4.78, 5) is 0.964. The Balaban J connectivity index is 1.43. The molecule has 0 radical (unpaired) electrons. The molecule has 2 fully saturated rings. The zero-order chi connectivity index (χ0) is 23.6. The first-order valence-corrected chi connectivity index (χ1v) is 14.4. The van der Waals surface area contributed by atoms with E-state index in [4.69, 9.17) is 0 Å². The van der Waals surface area contributed by atoms with Gasteiger partial charge in [0, 0.05) is 10.6 Å². The molecule has 0 heterocycles. The number of fused-ring (bicyclic) bond motifs is 4. The van der Waals surface area contributed by atoms with Gasteiger partial charge in [-0.15, -0.1) is 0 Å². The van der Waals surface area contributed by atoms with Crippen molar-refractivity contribution in [3.05, 3.63) is 53.6 Å². The van der Waals surface area contributed by atoms with Gasteiger partial charge in [0.05, 0.1) is 16.9 Å². The van der Waals surface area contributed by atoms with E-state index in [0.717, 1.165) is 23.5 Å². The van der Waals surface area contributed by atoms with Crippen LogP contribution in [0.25, 0.3) is 0 Å². The largest absolute Gasteiger partial charge is 0.393 e. The van der Waals surface area contributed by atoms with Gasteiger partial charge in [-0.25, -0.2) is 0 Å². The van der Waals surface area contributed by atoms with Crippen LogP contribution in [0.4, 0.5) is 0 Å². The van der Waals surface area contributed by atoms with Gasteiger partial charge < -0.3 is 5.11 Å². The lowest BCUT2D eigenvalue weighted by atomic mass is 9.46. The molecular formula is C30H42O2S. The predicted octanol–water partition coefficient (Wildman–Crippen LogP) is 6.93. The second-order valence-corrected chi connectivity index (χ2v) is 14.1. The van der Waals surface area contributed by atoms with E-state index in [-0.39, 0.29) is 22.3 Å². The molecule has 1 unspecified atom stereocenters. The molecule has 1 N–H and O–H groups in total. The standard InChI is InChI=1S/C30H42O2S/c1-20(19-33(32)21-9-7-6-8-10-21)23-12-13-24-22-11-14-26-28(2,3)27(31)16-18-30(26,5)25(22)15-17-29(23,24)4/h6-11,14,20,23,25-27,31H,12-13,15-19H2,1-5H3/t20-,23-,25+,26+,27+,29-,30-,33?/m1/s1. The van der Waals surface area contributed by atoms with Crippen LogP contribution in [-0.2, 0) is 10.8 Å². The third kappa shape index (κ3) is 3.56. The lowest BCUT2D eigenvalue weighted by Gasteiger charge is -2.59. The summed E-state index contributed by atoms with van der Waals surface area (Å²) >= 11 is 0. The van der Waals surface area contributed by atoms with Crippen molar-refractivity contribution >= 4 is 10.8 Å². The van der Waals surface area contributed by atoms with Crippen LogP contribution in [0.5, 0.6) is 0 Å². The van der Waals surface area contributed by atoms with Gasteiger partial charge in [-0.05, 0) is 96.1 Å². The Morgan fingerprint density at radius 2 is 1.79 bits per heavy atom. The molecule has 180 valence electrons. The normalized spacial score (nSPS) is 41.2. The highest BCUT2D eigenvalue weighted by Gasteiger charge is 2.58. The van der Waals surface area contributed by atoms with E-state index in [9.17, 15) is 9.32 Å². The smallest absolute Gasteiger partial charge is 0.0597 e. The number of benzene rings is 1. The minimum atomic E-state index is -0.926. The van der Waals surface area contributed by atoms with Crippen molar-refractivity contribution in [1.82, 2.24) is 0 Å². The number of aliphatic hydroxyl groups excluding tert-OH is 1. The first kappa shape index (κ1) is 23.5. The average Bonchev–Trinajstić information content (AvgIpc) is 3.14. The molecule has 4 aliphatic rings. The molecule has 1 aromatic carbocycles. The average molecular weight is 467 g/mol. The van der Waals surface area contributed by atoms with Crippen LogP contribution in [0.2, 0.25) is 0 Å². The second-order valence-electron chi connectivity index (χ2n) is 12.6. The van der Waals surface area contributed by atoms with Crippen LogP contribution < -0.4 is 0 Å². The predicted molar refractivity (Wildman–Crippen MR) is 137 cm³/mol. The molecule has 4 aliphatic carbocycles. The number of allylic oxidation sites excluding steroid dienone is 4. The maximum Gasteiger partial charge on any atom is 0.0597 e. The van der Waals surface area contributed by atoms with E-state index in [1.807, 2.05) is 30.3 Å². The van der Waals surface area contributed by atoms with Crippen molar-refractivity contribution in [3.8, 4) is 0 Å². The van der Waals surface area contributed by atoms with E-state index in [0.29, 0.717) is 23.7 Å². The van der Waals surface area contributed by atoms with E-state index in [1.165, 1.54) is 25.7 Å². The van der Waals surface area contributed by atoms with Crippen molar-refractivity contribution in [3.63, 3.8) is 0 Å². The van der Waals surface area contributed by atoms with Crippen molar-refractivity contribution in [2.45, 2.75) is 84.1 Å². The highest BCUT2D eigenvalue weighted by atomic mass is 32.2. The molecule has 0 aliphatic heterocycles. The fourth-order valence-corrected chi connectivity index (χ4v) is 10.0. The van der Waals surface area contributed by atoms with Gasteiger partial charge in [0.1, 0.15) is 0 Å². The van der Waals surface area contributed by atoms with Crippen LogP contribution in [0.3, 0.4) is 0 Å². The second kappa shape index (κ2) is 8.19. The summed E-state index contributed by atoms with van der Waals surface area (Å²) in [6.45, 7) is 11.9. The number of rotatable bonds is 4. The first-order valence-electron chi connectivity index (χ1n) is 13.1. The lowest BCUT2D eigenvalue weighted by molar-refractivity contribution is -0.0975. The summed E-state index contributed by atoms with van der Waals surface area (Å²) in [6, 6.07) is 9.99. The van der Waals surface area contributed by atoms with Crippen molar-refractivity contribution < 1.29 is 9.32 Å². The SMILES string of the molecule is C[C@H](CS(=O)c1ccccc1)[C@H]1CCC2=C3C=C[C@H]4C(C)(C)[C@@H](O)CC[C@]4(C)[C@H]3CC[C@@]21C. The Hall–Kier alpha value is -1.19. The van der Waals surface area contributed by atoms with Crippen LogP contribution in [0.15, 0.2) is 58.5 Å². The van der Waals surface area contributed by atoms with E-state index in [1.54, 1.807) is 11.1 Å². The quantitative estimate of drug-likeness (QED) is 0.522. The van der Waals surface area contributed by atoms with Crippen molar-refractivity contribution in [2.75, 3.05) is 5.75 Å². The summed E-state index contributed by atoms with van der Waals surface area (Å²) in [5, 5.41) is 10.8. The minimum absolute atomic E-state index is 0.0608. The zero-order valence-corrected chi connectivity index (χ0v) is 22.0. The molecule has 5 rings (SSSR count). The van der Waals surface area contributed by atoms with Crippen molar-refractivity contribution in [2.24, 2.45) is 39.9 Å². The number of hydrogen-bond acceptors (Lipinski definition) is 2. The molecule has 1 aromatic rings. The zero-order valence-electron chi connectivity index (χ0n) is 21.1. The molecular weight excluding hydrogens is 424 g/mol. The topological polar surface area (TPSA) is 37.3 Å². The van der Waals surface area contributed by atoms with Gasteiger partial charge in [0.15, 0.2) is 0 Å². The molecule has 0 saturated heterocycles. The van der Waals surface area contributed by atoms with Gasteiger partial charge in [-0.3, -0.25) is 4.21 Å². The molecule has 2 saturated carbocycles. The Labute approximate surface area is 203 Å². The van der Waals surface area contributed by atoms with E-state index in [2.05, 4.69) is 46.8 Å². The molecule has 2 nitrogen and oxygen atoms in total. The molecule has 8 atom stereocenters. The van der Waals surface area contributed by atoms with Gasteiger partial charge in [-0.2, -0.15) is 0 Å². The monoisotopic (exact) mass is 466 g/mol. The molecule has 0 bridgehead atoms. The molecule has 0 spiro atoms. The van der Waals surface area contributed by atoms with E-state index < -0.39 is 10.8 Å². The molecule has 3 heteroatoms. The first-order chi connectivity index (χ1) is 15.6. The van der Waals surface area contributed by atoms with Gasteiger partial charge in [0.2, 0.25) is 0 Å². The lowest BCUT2D eigenvalue weighted by Crippen LogP contribution is -2.54. The maximum atomic E-state index is 13.1. The van der Waals surface area contributed by atoms with Crippen LogP contribution in [0, 0.1) is 39.9 Å². The van der Waals surface area contributed by atoms with E-state index >= 15 is 0 Å². The fraction of sp³-hybridized carbons (Fsp3) is 0.667. The summed E-state index contributed by atoms with van der Waals surface area (Å²) in [5.74, 6) is 2.88. The van der Waals surface area contributed by atoms with Gasteiger partial charge in [-0.1, -0.05) is 70.5 Å². The maximum absolute atomic E-state index is 13.1.